The van der Waals surface area contributed by atoms with E-state index in [0.29, 0.717) is 28.8 Å². The van der Waals surface area contributed by atoms with Gasteiger partial charge in [0, 0.05) is 34.1 Å². The molecule has 9 heteroatoms. The topological polar surface area (TPSA) is 71.1 Å². The van der Waals surface area contributed by atoms with Crippen LogP contribution in [0.1, 0.15) is 34.8 Å². The quantitative estimate of drug-likeness (QED) is 0.547. The van der Waals surface area contributed by atoms with Crippen molar-refractivity contribution in [2.24, 2.45) is 0 Å². The maximum Gasteiger partial charge on any atom is 0.292 e. The Morgan fingerprint density at radius 1 is 1.37 bits per heavy atom. The molecule has 0 bridgehead atoms. The van der Waals surface area contributed by atoms with Crippen LogP contribution in [-0.4, -0.2) is 39.4 Å². The number of hydrogen-bond donors (Lipinski definition) is 1. The van der Waals surface area contributed by atoms with Gasteiger partial charge < -0.3 is 14.6 Å². The van der Waals surface area contributed by atoms with E-state index in [2.05, 4.69) is 30.9 Å². The number of fused-ring (bicyclic) bond motifs is 3. The second kappa shape index (κ2) is 6.96. The summed E-state index contributed by atoms with van der Waals surface area (Å²) in [5.74, 6) is 0.431. The summed E-state index contributed by atoms with van der Waals surface area (Å²) in [5, 5.41) is 1.90. The predicted molar refractivity (Wildman–Crippen MR) is 108 cm³/mol. The van der Waals surface area contributed by atoms with Crippen molar-refractivity contribution in [1.29, 1.82) is 0 Å². The number of methoxy groups -OCH3 is 1. The average molecular weight is 470 g/mol. The van der Waals surface area contributed by atoms with E-state index in [1.165, 1.54) is 19.5 Å². The minimum Gasteiger partial charge on any atom is -0.494 e. The molecular formula is C18H15BrCl2N4O2. The number of amides is 1. The highest BCUT2D eigenvalue weighted by atomic mass is 79.9. The standard InChI is InChI=1S/C18H15BrCl2N4O2/c1-8-13-12(24-16-14(13)10(19)5-11(20)15(16)21)3-4-25(8)18(26)17-22-6-9(27-2)7-23-17/h5-8,24H,3-4H2,1-2H3. The Morgan fingerprint density at radius 3 is 2.74 bits per heavy atom. The highest BCUT2D eigenvalue weighted by molar-refractivity contribution is 9.10. The van der Waals surface area contributed by atoms with Crippen LogP contribution in [0.25, 0.3) is 10.9 Å². The molecule has 1 unspecified atom stereocenters. The summed E-state index contributed by atoms with van der Waals surface area (Å²) < 4.78 is 5.89. The highest BCUT2D eigenvalue weighted by Crippen LogP contribution is 2.43. The normalized spacial score (nSPS) is 16.5. The summed E-state index contributed by atoms with van der Waals surface area (Å²) in [6.45, 7) is 2.54. The smallest absolute Gasteiger partial charge is 0.292 e. The zero-order valence-corrected chi connectivity index (χ0v) is 17.6. The lowest BCUT2D eigenvalue weighted by atomic mass is 9.97. The fraction of sp³-hybridized carbons (Fsp3) is 0.278. The van der Waals surface area contributed by atoms with E-state index in [-0.39, 0.29) is 17.8 Å². The molecule has 0 aliphatic carbocycles. The second-order valence-corrected chi connectivity index (χ2v) is 7.93. The van der Waals surface area contributed by atoms with Gasteiger partial charge in [-0.05, 0) is 13.0 Å². The molecule has 1 atom stereocenters. The Kier molecular flexibility index (Phi) is 4.78. The van der Waals surface area contributed by atoms with E-state index >= 15 is 0 Å². The van der Waals surface area contributed by atoms with Gasteiger partial charge in [0.05, 0.1) is 41.1 Å². The number of ether oxygens (including phenoxy) is 1. The van der Waals surface area contributed by atoms with Crippen LogP contribution in [-0.2, 0) is 6.42 Å². The van der Waals surface area contributed by atoms with Gasteiger partial charge in [0.1, 0.15) is 0 Å². The number of carbonyl (C=O) groups is 1. The minimum absolute atomic E-state index is 0.145. The lowest BCUT2D eigenvalue weighted by molar-refractivity contribution is 0.0665. The summed E-state index contributed by atoms with van der Waals surface area (Å²) in [6, 6.07) is 1.61. The van der Waals surface area contributed by atoms with Gasteiger partial charge in [-0.1, -0.05) is 39.1 Å². The van der Waals surface area contributed by atoms with Crippen LogP contribution in [0.15, 0.2) is 22.9 Å². The third-order valence-electron chi connectivity index (χ3n) is 4.85. The van der Waals surface area contributed by atoms with Crippen molar-refractivity contribution in [1.82, 2.24) is 19.9 Å². The molecule has 3 aromatic rings. The number of H-pyrrole nitrogens is 1. The van der Waals surface area contributed by atoms with Crippen LogP contribution in [0.3, 0.4) is 0 Å². The molecule has 140 valence electrons. The largest absolute Gasteiger partial charge is 0.494 e. The molecule has 0 radical (unpaired) electrons. The number of carbonyl (C=O) groups excluding carboxylic acids is 1. The molecule has 0 fully saturated rings. The van der Waals surface area contributed by atoms with Gasteiger partial charge in [0.2, 0.25) is 5.82 Å². The van der Waals surface area contributed by atoms with Crippen LogP contribution in [0.2, 0.25) is 10.0 Å². The molecule has 0 spiro atoms. The van der Waals surface area contributed by atoms with Crippen molar-refractivity contribution in [2.75, 3.05) is 13.7 Å². The molecule has 1 aliphatic heterocycles. The number of hydrogen-bond acceptors (Lipinski definition) is 4. The molecule has 1 amide bonds. The number of nitrogens with one attached hydrogen (secondary N) is 1. The molecule has 27 heavy (non-hydrogen) atoms. The van der Waals surface area contributed by atoms with Gasteiger partial charge in [-0.15, -0.1) is 0 Å². The lowest BCUT2D eigenvalue weighted by Gasteiger charge is -2.33. The van der Waals surface area contributed by atoms with Gasteiger partial charge in [-0.2, -0.15) is 0 Å². The van der Waals surface area contributed by atoms with Gasteiger partial charge >= 0.3 is 0 Å². The van der Waals surface area contributed by atoms with Crippen LogP contribution >= 0.6 is 39.1 Å². The average Bonchev–Trinajstić information content (AvgIpc) is 3.07. The van der Waals surface area contributed by atoms with Crippen molar-refractivity contribution in [2.45, 2.75) is 19.4 Å². The fourth-order valence-corrected chi connectivity index (χ4v) is 4.70. The Balaban J connectivity index is 1.76. The van der Waals surface area contributed by atoms with E-state index in [9.17, 15) is 4.79 Å². The van der Waals surface area contributed by atoms with Gasteiger partial charge in [0.25, 0.3) is 5.91 Å². The van der Waals surface area contributed by atoms with Crippen molar-refractivity contribution in [3.63, 3.8) is 0 Å². The van der Waals surface area contributed by atoms with Crippen molar-refractivity contribution in [3.8, 4) is 5.75 Å². The third kappa shape index (κ3) is 2.98. The summed E-state index contributed by atoms with van der Waals surface area (Å²) in [6.07, 6.45) is 3.66. The second-order valence-electron chi connectivity index (χ2n) is 6.29. The van der Waals surface area contributed by atoms with Gasteiger partial charge in [-0.25, -0.2) is 9.97 Å². The molecule has 1 aliphatic rings. The number of rotatable bonds is 2. The van der Waals surface area contributed by atoms with E-state index < -0.39 is 0 Å². The first-order chi connectivity index (χ1) is 12.9. The highest BCUT2D eigenvalue weighted by Gasteiger charge is 2.33. The molecular weight excluding hydrogens is 455 g/mol. The Hall–Kier alpha value is -1.83. The number of halogens is 3. The molecule has 4 rings (SSSR count). The lowest BCUT2D eigenvalue weighted by Crippen LogP contribution is -2.39. The number of benzene rings is 1. The molecule has 1 N–H and O–H groups in total. The first-order valence-corrected chi connectivity index (χ1v) is 9.82. The monoisotopic (exact) mass is 468 g/mol. The summed E-state index contributed by atoms with van der Waals surface area (Å²) >= 11 is 16.2. The van der Waals surface area contributed by atoms with Crippen molar-refractivity contribution in [3.05, 3.63) is 50.1 Å². The first kappa shape index (κ1) is 18.5. The van der Waals surface area contributed by atoms with Crippen LogP contribution < -0.4 is 4.74 Å². The molecule has 3 heterocycles. The minimum atomic E-state index is -0.221. The van der Waals surface area contributed by atoms with Gasteiger partial charge in [-0.3, -0.25) is 4.79 Å². The van der Waals surface area contributed by atoms with Gasteiger partial charge in [0.15, 0.2) is 5.75 Å². The number of aromatic nitrogens is 3. The van der Waals surface area contributed by atoms with E-state index in [0.717, 1.165) is 26.6 Å². The number of aromatic amines is 1. The van der Waals surface area contributed by atoms with E-state index in [4.69, 9.17) is 27.9 Å². The van der Waals surface area contributed by atoms with Crippen molar-refractivity contribution >= 4 is 55.9 Å². The Morgan fingerprint density at radius 2 is 2.07 bits per heavy atom. The predicted octanol–water partition coefficient (Wildman–Crippen LogP) is 4.80. The van der Waals surface area contributed by atoms with Crippen LogP contribution in [0, 0.1) is 0 Å². The summed E-state index contributed by atoms with van der Waals surface area (Å²) in [5.41, 5.74) is 2.87. The molecule has 2 aromatic heterocycles. The first-order valence-electron chi connectivity index (χ1n) is 8.27. The maximum atomic E-state index is 13.0. The maximum absolute atomic E-state index is 13.0. The van der Waals surface area contributed by atoms with Crippen LogP contribution in [0.4, 0.5) is 0 Å². The fourth-order valence-electron chi connectivity index (χ4n) is 3.52. The zero-order chi connectivity index (χ0) is 19.3. The van der Waals surface area contributed by atoms with E-state index in [1.54, 1.807) is 11.0 Å². The molecule has 1 aromatic carbocycles. The third-order valence-corrected chi connectivity index (χ3v) is 6.26. The summed E-state index contributed by atoms with van der Waals surface area (Å²) in [4.78, 5) is 26.4. The Bertz CT molecular complexity index is 1050. The summed E-state index contributed by atoms with van der Waals surface area (Å²) in [7, 11) is 1.53. The molecule has 6 nitrogen and oxygen atoms in total. The van der Waals surface area contributed by atoms with E-state index in [1.807, 2.05) is 6.92 Å². The van der Waals surface area contributed by atoms with Crippen LogP contribution in [0.5, 0.6) is 5.75 Å². The Labute approximate surface area is 174 Å². The zero-order valence-electron chi connectivity index (χ0n) is 14.5. The molecule has 0 saturated heterocycles. The van der Waals surface area contributed by atoms with Crippen molar-refractivity contribution < 1.29 is 9.53 Å². The number of nitrogens with zero attached hydrogens (tertiary/aromatic N) is 3. The SMILES string of the molecule is COc1cnc(C(=O)N2CCc3[nH]c4c(Cl)c(Cl)cc(Br)c4c3C2C)nc1. The molecule has 0 saturated carbocycles.